The van der Waals surface area contributed by atoms with Crippen molar-refractivity contribution in [2.45, 2.75) is 38.3 Å². The second kappa shape index (κ2) is 11.0. The zero-order valence-corrected chi connectivity index (χ0v) is 20.8. The van der Waals surface area contributed by atoms with Gasteiger partial charge in [-0.25, -0.2) is 19.4 Å². The minimum atomic E-state index is -1.02. The molecule has 37 heavy (non-hydrogen) atoms. The van der Waals surface area contributed by atoms with E-state index >= 15 is 0 Å². The maximum absolute atomic E-state index is 12.8. The molecule has 0 bridgehead atoms. The molecule has 3 aromatic heterocycles. The molecule has 5 rings (SSSR count). The highest BCUT2D eigenvalue weighted by Crippen LogP contribution is 2.30. The van der Waals surface area contributed by atoms with E-state index in [4.69, 9.17) is 9.84 Å². The van der Waals surface area contributed by atoms with Gasteiger partial charge in [0.2, 0.25) is 5.91 Å². The van der Waals surface area contributed by atoms with Crippen molar-refractivity contribution in [2.75, 3.05) is 30.3 Å². The Kier molecular flexibility index (Phi) is 7.42. The molecule has 13 heteroatoms. The van der Waals surface area contributed by atoms with Crippen LogP contribution in [-0.2, 0) is 9.53 Å². The van der Waals surface area contributed by atoms with Gasteiger partial charge in [0.25, 0.3) is 5.91 Å². The van der Waals surface area contributed by atoms with Crippen molar-refractivity contribution >= 4 is 40.7 Å². The molecule has 2 aliphatic heterocycles. The number of amides is 3. The highest BCUT2D eigenvalue weighted by atomic mass is 32.1. The molecule has 194 valence electrons. The van der Waals surface area contributed by atoms with E-state index in [1.54, 1.807) is 23.7 Å². The van der Waals surface area contributed by atoms with Crippen molar-refractivity contribution in [2.24, 2.45) is 5.92 Å². The van der Waals surface area contributed by atoms with Gasteiger partial charge in [0.15, 0.2) is 6.23 Å². The van der Waals surface area contributed by atoms with Crippen LogP contribution < -0.4 is 10.6 Å². The van der Waals surface area contributed by atoms with E-state index in [-0.39, 0.29) is 24.4 Å². The summed E-state index contributed by atoms with van der Waals surface area (Å²) >= 11 is 1.35. The number of nitrogens with one attached hydrogen (secondary N) is 2. The van der Waals surface area contributed by atoms with Gasteiger partial charge >= 0.3 is 6.09 Å². The number of hydrogen-bond acceptors (Lipinski definition) is 8. The number of ether oxygens (including phenoxy) is 1. The molecule has 12 nitrogen and oxygen atoms in total. The first kappa shape index (κ1) is 24.8. The Bertz CT molecular complexity index is 1270. The number of carbonyl (C=O) groups excluding carboxylic acids is 2. The first-order valence-electron chi connectivity index (χ1n) is 12.1. The molecule has 2 saturated heterocycles. The molecule has 3 aromatic rings. The number of hydrogen-bond donors (Lipinski definition) is 3. The number of likely N-dealkylation sites (tertiary alicyclic amines) is 1. The molecule has 3 amide bonds. The first-order valence-corrected chi connectivity index (χ1v) is 13.0. The van der Waals surface area contributed by atoms with E-state index in [2.05, 4.69) is 25.7 Å². The third kappa shape index (κ3) is 5.78. The average molecular weight is 526 g/mol. The lowest BCUT2D eigenvalue weighted by Gasteiger charge is -2.29. The predicted molar refractivity (Wildman–Crippen MR) is 135 cm³/mol. The minimum Gasteiger partial charge on any atom is -0.465 e. The Morgan fingerprint density at radius 2 is 2.00 bits per heavy atom. The summed E-state index contributed by atoms with van der Waals surface area (Å²) in [6.07, 6.45) is 6.28. The summed E-state index contributed by atoms with van der Waals surface area (Å²) in [6, 6.07) is 5.08. The van der Waals surface area contributed by atoms with Crippen molar-refractivity contribution in [1.82, 2.24) is 24.6 Å². The molecule has 0 aromatic carbocycles. The Labute approximate surface area is 216 Å². The summed E-state index contributed by atoms with van der Waals surface area (Å²) in [6.45, 7) is 1.32. The maximum atomic E-state index is 12.8. The number of piperidine rings is 1. The second-order valence-electron chi connectivity index (χ2n) is 8.96. The predicted octanol–water partition coefficient (Wildman–Crippen LogP) is 3.68. The fourth-order valence-corrected chi connectivity index (χ4v) is 5.27. The van der Waals surface area contributed by atoms with E-state index < -0.39 is 17.9 Å². The van der Waals surface area contributed by atoms with Crippen LogP contribution in [0.25, 0.3) is 10.7 Å². The molecule has 0 aliphatic carbocycles. The van der Waals surface area contributed by atoms with Gasteiger partial charge in [0, 0.05) is 31.3 Å². The molecular formula is C24H27N7O5S. The summed E-state index contributed by atoms with van der Waals surface area (Å²) in [5.41, 5.74) is 1.53. The third-order valence-electron chi connectivity index (χ3n) is 6.39. The monoisotopic (exact) mass is 525 g/mol. The van der Waals surface area contributed by atoms with E-state index in [1.165, 1.54) is 22.4 Å². The second-order valence-corrected chi connectivity index (χ2v) is 9.82. The topological polar surface area (TPSA) is 152 Å². The van der Waals surface area contributed by atoms with Gasteiger partial charge in [-0.3, -0.25) is 9.59 Å². The summed E-state index contributed by atoms with van der Waals surface area (Å²) < 4.78 is 7.66. The van der Waals surface area contributed by atoms with Gasteiger partial charge in [-0.05, 0) is 50.3 Å². The smallest absolute Gasteiger partial charge is 0.407 e. The molecule has 3 N–H and O–H groups in total. The number of pyridine rings is 1. The first-order chi connectivity index (χ1) is 18.0. The normalized spacial score (nSPS) is 19.8. The molecule has 1 unspecified atom stereocenters. The summed E-state index contributed by atoms with van der Waals surface area (Å²) in [7, 11) is 0. The number of nitrogens with zero attached hydrogens (tertiary/aromatic N) is 5. The largest absolute Gasteiger partial charge is 0.465 e. The molecule has 2 atom stereocenters. The quantitative estimate of drug-likeness (QED) is 0.441. The summed E-state index contributed by atoms with van der Waals surface area (Å²) in [5.74, 6) is -0.753. The van der Waals surface area contributed by atoms with Crippen LogP contribution in [0, 0.1) is 5.92 Å². The van der Waals surface area contributed by atoms with E-state index in [0.717, 1.165) is 25.0 Å². The van der Waals surface area contributed by atoms with Gasteiger partial charge in [-0.1, -0.05) is 0 Å². The van der Waals surface area contributed by atoms with E-state index in [0.29, 0.717) is 42.5 Å². The lowest BCUT2D eigenvalue weighted by molar-refractivity contribution is -0.121. The number of thiazole rings is 1. The fraction of sp³-hybridized carbons (Fsp3) is 0.417. The Balaban J connectivity index is 1.18. The Morgan fingerprint density at radius 1 is 1.11 bits per heavy atom. The van der Waals surface area contributed by atoms with Crippen LogP contribution in [0.15, 0.2) is 36.0 Å². The molecule has 0 saturated carbocycles. The van der Waals surface area contributed by atoms with Gasteiger partial charge < -0.3 is 25.4 Å². The van der Waals surface area contributed by atoms with Crippen LogP contribution in [0.1, 0.15) is 48.8 Å². The van der Waals surface area contributed by atoms with Crippen LogP contribution in [0.5, 0.6) is 0 Å². The van der Waals surface area contributed by atoms with Crippen molar-refractivity contribution in [3.63, 3.8) is 0 Å². The standard InChI is InChI=1S/C24H27N7O5S/c32-21(15-4-3-10-30(13-15)24(34)35)27-16-6-7-19(25-12-16)29-22(33)17-14-37-23(28-17)18-8-9-26-31(18)20-5-1-2-11-36-20/h6-9,12,14-15,20H,1-5,10-11,13H2,(H,27,32)(H,34,35)(H,25,29,33)/t15-,20?/m0/s1. The lowest BCUT2D eigenvalue weighted by atomic mass is 9.97. The van der Waals surface area contributed by atoms with Gasteiger partial charge in [-0.2, -0.15) is 5.10 Å². The number of carbonyl (C=O) groups is 3. The van der Waals surface area contributed by atoms with Gasteiger partial charge in [0.05, 0.1) is 23.5 Å². The SMILES string of the molecule is O=C(Nc1ccc(NC(=O)[C@H]2CCCN(C(=O)O)C2)cn1)c1csc(-c2ccnn2C2CCCCO2)n1. The lowest BCUT2D eigenvalue weighted by Crippen LogP contribution is -2.43. The van der Waals surface area contributed by atoms with Crippen molar-refractivity contribution in [3.8, 4) is 10.7 Å². The highest BCUT2D eigenvalue weighted by Gasteiger charge is 2.28. The molecule has 5 heterocycles. The summed E-state index contributed by atoms with van der Waals surface area (Å²) in [5, 5.41) is 21.4. The zero-order valence-electron chi connectivity index (χ0n) is 20.0. The number of aromatic nitrogens is 4. The minimum absolute atomic E-state index is 0.127. The van der Waals surface area contributed by atoms with E-state index in [1.807, 2.05) is 10.7 Å². The van der Waals surface area contributed by atoms with E-state index in [9.17, 15) is 14.4 Å². The van der Waals surface area contributed by atoms with Gasteiger partial charge in [0.1, 0.15) is 16.5 Å². The highest BCUT2D eigenvalue weighted by molar-refractivity contribution is 7.13. The van der Waals surface area contributed by atoms with Gasteiger partial charge in [-0.15, -0.1) is 11.3 Å². The molecule has 0 spiro atoms. The fourth-order valence-electron chi connectivity index (χ4n) is 4.46. The van der Waals surface area contributed by atoms with Crippen LogP contribution in [-0.4, -0.2) is 67.4 Å². The molecular weight excluding hydrogens is 498 g/mol. The van der Waals surface area contributed by atoms with Crippen LogP contribution in [0.3, 0.4) is 0 Å². The third-order valence-corrected chi connectivity index (χ3v) is 7.25. The van der Waals surface area contributed by atoms with Crippen molar-refractivity contribution in [1.29, 1.82) is 0 Å². The molecule has 2 fully saturated rings. The molecule has 0 radical (unpaired) electrons. The number of carboxylic acid groups (broad SMARTS) is 1. The average Bonchev–Trinajstić information content (AvgIpc) is 3.60. The number of anilines is 2. The zero-order chi connectivity index (χ0) is 25.8. The molecule has 2 aliphatic rings. The summed E-state index contributed by atoms with van der Waals surface area (Å²) in [4.78, 5) is 46.5. The maximum Gasteiger partial charge on any atom is 0.407 e. The van der Waals surface area contributed by atoms with Crippen molar-refractivity contribution in [3.05, 3.63) is 41.7 Å². The Hall–Kier alpha value is -3.84. The van der Waals surface area contributed by atoms with Crippen LogP contribution in [0.4, 0.5) is 16.3 Å². The van der Waals surface area contributed by atoms with Crippen molar-refractivity contribution < 1.29 is 24.2 Å². The Morgan fingerprint density at radius 3 is 2.76 bits per heavy atom. The van der Waals surface area contributed by atoms with Crippen LogP contribution >= 0.6 is 11.3 Å². The van der Waals surface area contributed by atoms with Crippen LogP contribution in [0.2, 0.25) is 0 Å². The number of rotatable bonds is 6.